The number of aromatic nitrogens is 1. The summed E-state index contributed by atoms with van der Waals surface area (Å²) >= 11 is 6.09. The molecule has 1 aromatic heterocycles. The van der Waals surface area contributed by atoms with Gasteiger partial charge in [0.1, 0.15) is 0 Å². The minimum Gasteiger partial charge on any atom is -0.361 e. The lowest BCUT2D eigenvalue weighted by molar-refractivity contribution is 0.520. The Morgan fingerprint density at radius 2 is 2.00 bits per heavy atom. The zero-order valence-electron chi connectivity index (χ0n) is 12.1. The molecule has 2 N–H and O–H groups in total. The van der Waals surface area contributed by atoms with Crippen molar-refractivity contribution >= 4 is 22.5 Å². The van der Waals surface area contributed by atoms with Crippen molar-refractivity contribution in [1.29, 1.82) is 0 Å². The summed E-state index contributed by atoms with van der Waals surface area (Å²) in [4.78, 5) is 3.26. The Labute approximate surface area is 130 Å². The van der Waals surface area contributed by atoms with Crippen LogP contribution in [0.5, 0.6) is 0 Å². The molecular formula is C18H19ClN2. The Hall–Kier alpha value is -1.77. The molecule has 0 bridgehead atoms. The van der Waals surface area contributed by atoms with Gasteiger partial charge in [-0.25, -0.2) is 0 Å². The summed E-state index contributed by atoms with van der Waals surface area (Å²) < 4.78 is 0. The molecule has 3 rings (SSSR count). The highest BCUT2D eigenvalue weighted by atomic mass is 35.5. The second-order valence-electron chi connectivity index (χ2n) is 5.25. The van der Waals surface area contributed by atoms with Crippen LogP contribution >= 0.6 is 11.6 Å². The molecule has 2 aromatic carbocycles. The largest absolute Gasteiger partial charge is 0.361 e. The molecule has 0 saturated carbocycles. The third-order valence-electron chi connectivity index (χ3n) is 3.88. The van der Waals surface area contributed by atoms with E-state index >= 15 is 0 Å². The van der Waals surface area contributed by atoms with Gasteiger partial charge in [0.05, 0.1) is 0 Å². The normalized spacial score (nSPS) is 12.7. The van der Waals surface area contributed by atoms with E-state index in [-0.39, 0.29) is 0 Å². The van der Waals surface area contributed by atoms with Crippen molar-refractivity contribution in [2.45, 2.75) is 25.9 Å². The highest BCUT2D eigenvalue weighted by Gasteiger charge is 2.10. The van der Waals surface area contributed by atoms with Gasteiger partial charge < -0.3 is 10.3 Å². The molecule has 0 aliphatic carbocycles. The lowest BCUT2D eigenvalue weighted by atomic mass is 10.0. The molecular weight excluding hydrogens is 280 g/mol. The second-order valence-corrected chi connectivity index (χ2v) is 5.69. The second kappa shape index (κ2) is 6.33. The fraction of sp³-hybridized carbons (Fsp3) is 0.222. The summed E-state index contributed by atoms with van der Waals surface area (Å²) in [6, 6.07) is 16.9. The van der Waals surface area contributed by atoms with Gasteiger partial charge in [-0.05, 0) is 41.8 Å². The Balaban J connectivity index is 1.78. The molecule has 0 radical (unpaired) electrons. The summed E-state index contributed by atoms with van der Waals surface area (Å²) in [5.41, 5.74) is 3.74. The van der Waals surface area contributed by atoms with Gasteiger partial charge in [0.2, 0.25) is 0 Å². The summed E-state index contributed by atoms with van der Waals surface area (Å²) in [5, 5.41) is 5.71. The van der Waals surface area contributed by atoms with Gasteiger partial charge in [0, 0.05) is 34.7 Å². The average molecular weight is 299 g/mol. The van der Waals surface area contributed by atoms with Crippen LogP contribution in [0.15, 0.2) is 54.7 Å². The van der Waals surface area contributed by atoms with Gasteiger partial charge in [0.15, 0.2) is 0 Å². The molecule has 0 aliphatic heterocycles. The molecule has 0 fully saturated rings. The zero-order valence-corrected chi connectivity index (χ0v) is 12.8. The van der Waals surface area contributed by atoms with E-state index in [4.69, 9.17) is 11.6 Å². The molecule has 2 nitrogen and oxygen atoms in total. The van der Waals surface area contributed by atoms with E-state index in [1.807, 2.05) is 24.4 Å². The minimum absolute atomic E-state index is 0.317. The van der Waals surface area contributed by atoms with Gasteiger partial charge in [-0.3, -0.25) is 0 Å². The molecule has 1 heterocycles. The predicted octanol–water partition coefficient (Wildman–Crippen LogP) is 5.06. The Morgan fingerprint density at radius 1 is 1.14 bits per heavy atom. The molecule has 0 saturated heterocycles. The number of H-pyrrole nitrogens is 1. The fourth-order valence-electron chi connectivity index (χ4n) is 2.76. The van der Waals surface area contributed by atoms with Crippen molar-refractivity contribution in [3.63, 3.8) is 0 Å². The van der Waals surface area contributed by atoms with E-state index < -0.39 is 0 Å². The first-order chi connectivity index (χ1) is 10.3. The van der Waals surface area contributed by atoms with E-state index in [1.165, 1.54) is 22.0 Å². The molecule has 0 amide bonds. The quantitative estimate of drug-likeness (QED) is 0.677. The first kappa shape index (κ1) is 14.2. The van der Waals surface area contributed by atoms with E-state index in [1.54, 1.807) is 0 Å². The topological polar surface area (TPSA) is 27.8 Å². The van der Waals surface area contributed by atoms with Gasteiger partial charge in [0.25, 0.3) is 0 Å². The molecule has 0 aliphatic rings. The maximum atomic E-state index is 6.09. The van der Waals surface area contributed by atoms with Crippen LogP contribution in [0, 0.1) is 0 Å². The van der Waals surface area contributed by atoms with E-state index in [2.05, 4.69) is 47.6 Å². The molecule has 108 valence electrons. The molecule has 1 unspecified atom stereocenters. The SMILES string of the molecule is CCC(NCc1cccc2[nH]ccc12)c1cccc(Cl)c1. The minimum atomic E-state index is 0.317. The van der Waals surface area contributed by atoms with Crippen molar-refractivity contribution < 1.29 is 0 Å². The first-order valence-electron chi connectivity index (χ1n) is 7.31. The predicted molar refractivity (Wildman–Crippen MR) is 89.6 cm³/mol. The van der Waals surface area contributed by atoms with Crippen molar-refractivity contribution in [2.24, 2.45) is 0 Å². The highest BCUT2D eigenvalue weighted by molar-refractivity contribution is 6.30. The summed E-state index contributed by atoms with van der Waals surface area (Å²) in [5.74, 6) is 0. The van der Waals surface area contributed by atoms with Crippen LogP contribution in [0.25, 0.3) is 10.9 Å². The number of hydrogen-bond donors (Lipinski definition) is 2. The van der Waals surface area contributed by atoms with Crippen LogP contribution < -0.4 is 5.32 Å². The van der Waals surface area contributed by atoms with Gasteiger partial charge in [-0.1, -0.05) is 42.8 Å². The van der Waals surface area contributed by atoms with E-state index in [0.29, 0.717) is 6.04 Å². The molecule has 3 aromatic rings. The van der Waals surface area contributed by atoms with E-state index in [9.17, 15) is 0 Å². The average Bonchev–Trinajstić information content (AvgIpc) is 2.97. The summed E-state index contributed by atoms with van der Waals surface area (Å²) in [6.45, 7) is 3.04. The van der Waals surface area contributed by atoms with E-state index in [0.717, 1.165) is 18.0 Å². The van der Waals surface area contributed by atoms with Crippen molar-refractivity contribution in [3.8, 4) is 0 Å². The Kier molecular flexibility index (Phi) is 4.28. The Morgan fingerprint density at radius 3 is 2.81 bits per heavy atom. The van der Waals surface area contributed by atoms with Crippen LogP contribution in [-0.4, -0.2) is 4.98 Å². The summed E-state index contributed by atoms with van der Waals surface area (Å²) in [7, 11) is 0. The monoisotopic (exact) mass is 298 g/mol. The number of rotatable bonds is 5. The van der Waals surface area contributed by atoms with Crippen LogP contribution in [0.3, 0.4) is 0 Å². The standard InChI is InChI=1S/C18H19ClN2/c1-2-17(13-5-3-7-15(19)11-13)21-12-14-6-4-8-18-16(14)9-10-20-18/h3-11,17,20-21H,2,12H2,1H3. The van der Waals surface area contributed by atoms with Crippen LogP contribution in [-0.2, 0) is 6.54 Å². The maximum Gasteiger partial charge on any atom is 0.0457 e. The lowest BCUT2D eigenvalue weighted by Crippen LogP contribution is -2.20. The molecule has 0 spiro atoms. The number of benzene rings is 2. The molecule has 21 heavy (non-hydrogen) atoms. The van der Waals surface area contributed by atoms with Crippen molar-refractivity contribution in [2.75, 3.05) is 0 Å². The fourth-order valence-corrected chi connectivity index (χ4v) is 2.96. The number of nitrogens with one attached hydrogen (secondary N) is 2. The van der Waals surface area contributed by atoms with Crippen LogP contribution in [0.4, 0.5) is 0 Å². The smallest absolute Gasteiger partial charge is 0.0457 e. The summed E-state index contributed by atoms with van der Waals surface area (Å²) in [6.07, 6.45) is 3.02. The van der Waals surface area contributed by atoms with Crippen LogP contribution in [0.1, 0.15) is 30.5 Å². The lowest BCUT2D eigenvalue weighted by Gasteiger charge is -2.18. The first-order valence-corrected chi connectivity index (χ1v) is 7.69. The molecule has 3 heteroatoms. The number of fused-ring (bicyclic) bond motifs is 1. The molecule has 1 atom stereocenters. The van der Waals surface area contributed by atoms with Gasteiger partial charge in [-0.15, -0.1) is 0 Å². The number of halogens is 1. The van der Waals surface area contributed by atoms with Crippen molar-refractivity contribution in [3.05, 3.63) is 70.9 Å². The Bertz CT molecular complexity index is 733. The van der Waals surface area contributed by atoms with Crippen molar-refractivity contribution in [1.82, 2.24) is 10.3 Å². The number of aromatic amines is 1. The zero-order chi connectivity index (χ0) is 14.7. The third kappa shape index (κ3) is 3.12. The van der Waals surface area contributed by atoms with Gasteiger partial charge in [-0.2, -0.15) is 0 Å². The highest BCUT2D eigenvalue weighted by Crippen LogP contribution is 2.22. The maximum absolute atomic E-state index is 6.09. The number of hydrogen-bond acceptors (Lipinski definition) is 1. The van der Waals surface area contributed by atoms with Crippen LogP contribution in [0.2, 0.25) is 5.02 Å². The third-order valence-corrected chi connectivity index (χ3v) is 4.12. The van der Waals surface area contributed by atoms with Gasteiger partial charge >= 0.3 is 0 Å².